The molecule has 6 atom stereocenters. The predicted molar refractivity (Wildman–Crippen MR) is 174 cm³/mol. The molecular formula is C30H52N10O8. The average Bonchev–Trinajstić information content (AvgIpc) is 3.70. The minimum Gasteiger partial charge on any atom is -0.480 e. The number of carbonyl (C=O) groups is 7. The van der Waals surface area contributed by atoms with Gasteiger partial charge in [-0.25, -0.2) is 4.79 Å². The minimum atomic E-state index is -1.14. The molecule has 18 heteroatoms. The van der Waals surface area contributed by atoms with Gasteiger partial charge in [0.05, 0.1) is 6.04 Å². The molecule has 6 amide bonds. The van der Waals surface area contributed by atoms with Crippen molar-refractivity contribution >= 4 is 47.4 Å². The van der Waals surface area contributed by atoms with E-state index in [0.29, 0.717) is 25.7 Å². The third kappa shape index (κ3) is 12.0. The summed E-state index contributed by atoms with van der Waals surface area (Å²) in [5.74, 6) is -4.85. The van der Waals surface area contributed by atoms with Crippen LogP contribution < -0.4 is 38.9 Å². The van der Waals surface area contributed by atoms with E-state index in [1.807, 2.05) is 13.8 Å². The molecule has 18 nitrogen and oxygen atoms in total. The Morgan fingerprint density at radius 1 is 0.812 bits per heavy atom. The highest BCUT2D eigenvalue weighted by Crippen LogP contribution is 2.21. The van der Waals surface area contributed by atoms with Crippen LogP contribution in [0.5, 0.6) is 0 Å². The number of carbonyl (C=O) groups excluding carboxylic acids is 6. The number of carboxylic acid groups (broad SMARTS) is 1. The summed E-state index contributed by atoms with van der Waals surface area (Å²) >= 11 is 0. The Morgan fingerprint density at radius 3 is 1.98 bits per heavy atom. The third-order valence-corrected chi connectivity index (χ3v) is 8.33. The van der Waals surface area contributed by atoms with Crippen LogP contribution >= 0.6 is 0 Å². The number of hydrogen-bond acceptors (Lipinski definition) is 9. The van der Waals surface area contributed by atoms with Crippen LogP contribution in [0.25, 0.3) is 0 Å². The van der Waals surface area contributed by atoms with Crippen LogP contribution in [0.2, 0.25) is 0 Å². The van der Waals surface area contributed by atoms with Crippen LogP contribution in [0.15, 0.2) is 4.99 Å². The fraction of sp³-hybridized carbons (Fsp3) is 0.733. The largest absolute Gasteiger partial charge is 0.480 e. The summed E-state index contributed by atoms with van der Waals surface area (Å²) in [6.45, 7) is 5.83. The number of amides is 6. The van der Waals surface area contributed by atoms with Gasteiger partial charge in [-0.2, -0.15) is 0 Å². The maximum Gasteiger partial charge on any atom is 0.326 e. The van der Waals surface area contributed by atoms with Gasteiger partial charge in [-0.05, 0) is 64.2 Å². The van der Waals surface area contributed by atoms with Crippen molar-refractivity contribution in [2.45, 2.75) is 115 Å². The number of nitrogens with zero attached hydrogens (tertiary/aromatic N) is 3. The Hall–Kier alpha value is -4.48. The highest BCUT2D eigenvalue weighted by Gasteiger charge is 2.39. The lowest BCUT2D eigenvalue weighted by Crippen LogP contribution is -2.58. The van der Waals surface area contributed by atoms with Crippen molar-refractivity contribution in [1.29, 1.82) is 0 Å². The van der Waals surface area contributed by atoms with Gasteiger partial charge < -0.3 is 53.8 Å². The molecule has 270 valence electrons. The van der Waals surface area contributed by atoms with Crippen molar-refractivity contribution in [3.8, 4) is 0 Å². The van der Waals surface area contributed by atoms with E-state index in [2.05, 4.69) is 20.9 Å². The van der Waals surface area contributed by atoms with Crippen molar-refractivity contribution in [3.63, 3.8) is 0 Å². The Balaban J connectivity index is 2.14. The Labute approximate surface area is 280 Å². The molecule has 2 saturated heterocycles. The number of primary amides is 1. The topological polar surface area (TPSA) is 299 Å². The zero-order valence-corrected chi connectivity index (χ0v) is 28.0. The SMILES string of the molecule is CC(C)C[C@H](NC(=O)[C@H](C)NC(=O)[C@H](CCCN=C(N)N)NC(=O)[C@@H]1CCCN1C(=O)[C@@H](N)CCC(N)=O)C(=O)N1CCC[C@H]1C(=O)O. The summed E-state index contributed by atoms with van der Waals surface area (Å²) in [4.78, 5) is 95.7. The van der Waals surface area contributed by atoms with Crippen LogP contribution in [-0.4, -0.2) is 118 Å². The number of nitrogens with one attached hydrogen (secondary N) is 3. The molecule has 2 fully saturated rings. The molecule has 0 spiro atoms. The maximum absolute atomic E-state index is 13.5. The van der Waals surface area contributed by atoms with Crippen LogP contribution in [0.4, 0.5) is 0 Å². The number of carboxylic acids is 1. The molecule has 0 aliphatic carbocycles. The Bertz CT molecular complexity index is 1220. The van der Waals surface area contributed by atoms with Crippen molar-refractivity contribution in [2.75, 3.05) is 19.6 Å². The zero-order chi connectivity index (χ0) is 36.1. The molecule has 2 aliphatic heterocycles. The van der Waals surface area contributed by atoms with E-state index in [-0.39, 0.29) is 63.6 Å². The normalized spacial score (nSPS) is 19.9. The summed E-state index contributed by atoms with van der Waals surface area (Å²) in [5.41, 5.74) is 21.9. The highest BCUT2D eigenvalue weighted by molar-refractivity contribution is 5.96. The number of guanidine groups is 1. The second kappa shape index (κ2) is 18.8. The van der Waals surface area contributed by atoms with Crippen molar-refractivity contribution in [3.05, 3.63) is 0 Å². The summed E-state index contributed by atoms with van der Waals surface area (Å²) in [6, 6.07) is -6.20. The summed E-state index contributed by atoms with van der Waals surface area (Å²) in [6.07, 6.45) is 2.25. The second-order valence-electron chi connectivity index (χ2n) is 12.8. The number of nitrogens with two attached hydrogens (primary N) is 4. The van der Waals surface area contributed by atoms with Crippen LogP contribution in [0.3, 0.4) is 0 Å². The molecule has 0 aromatic rings. The van der Waals surface area contributed by atoms with Crippen LogP contribution in [-0.2, 0) is 33.6 Å². The van der Waals surface area contributed by atoms with E-state index < -0.39 is 77.7 Å². The molecule has 0 aromatic carbocycles. The molecule has 48 heavy (non-hydrogen) atoms. The van der Waals surface area contributed by atoms with Crippen molar-refractivity contribution in [2.24, 2.45) is 33.8 Å². The third-order valence-electron chi connectivity index (χ3n) is 8.33. The first-order chi connectivity index (χ1) is 22.5. The molecule has 12 N–H and O–H groups in total. The first kappa shape index (κ1) is 39.7. The molecular weight excluding hydrogens is 628 g/mol. The number of aliphatic carboxylic acids is 1. The van der Waals surface area contributed by atoms with Gasteiger partial charge in [-0.3, -0.25) is 33.8 Å². The molecule has 0 aromatic heterocycles. The van der Waals surface area contributed by atoms with Gasteiger partial charge in [0.1, 0.15) is 30.2 Å². The first-order valence-corrected chi connectivity index (χ1v) is 16.4. The Morgan fingerprint density at radius 2 is 1.42 bits per heavy atom. The molecule has 2 aliphatic rings. The van der Waals surface area contributed by atoms with Gasteiger partial charge in [0.25, 0.3) is 0 Å². The van der Waals surface area contributed by atoms with Gasteiger partial charge in [-0.15, -0.1) is 0 Å². The standard InChI is InChI=1S/C30H52N10O8/c1-16(2)15-20(28(46)40-14-6-9-22(40)29(47)48)38-24(42)17(3)36-25(43)19(7-4-12-35-30(33)34)37-26(44)21-8-5-13-39(21)27(45)18(31)10-11-23(32)41/h16-22H,4-15,31H2,1-3H3,(H2,32,41)(H,36,43)(H,37,44)(H,38,42)(H,47,48)(H4,33,34,35)/t17-,18-,19-,20-,21-,22-/m0/s1. The first-order valence-electron chi connectivity index (χ1n) is 16.4. The predicted octanol–water partition coefficient (Wildman–Crippen LogP) is -2.78. The van der Waals surface area contributed by atoms with E-state index in [1.54, 1.807) is 0 Å². The zero-order valence-electron chi connectivity index (χ0n) is 28.0. The lowest BCUT2D eigenvalue weighted by atomic mass is 10.0. The lowest BCUT2D eigenvalue weighted by molar-refractivity contribution is -0.149. The fourth-order valence-electron chi connectivity index (χ4n) is 5.83. The van der Waals surface area contributed by atoms with Crippen molar-refractivity contribution < 1.29 is 38.7 Å². The maximum atomic E-state index is 13.5. The number of aliphatic imine (C=N–C) groups is 1. The van der Waals surface area contributed by atoms with Crippen LogP contribution in [0.1, 0.15) is 78.6 Å². The molecule has 2 rings (SSSR count). The molecule has 0 bridgehead atoms. The van der Waals surface area contributed by atoms with Gasteiger partial charge in [-0.1, -0.05) is 13.8 Å². The Kier molecular flexibility index (Phi) is 15.5. The monoisotopic (exact) mass is 680 g/mol. The van der Waals surface area contributed by atoms with E-state index in [4.69, 9.17) is 22.9 Å². The average molecular weight is 681 g/mol. The lowest BCUT2D eigenvalue weighted by Gasteiger charge is -2.30. The molecule has 0 radical (unpaired) electrons. The summed E-state index contributed by atoms with van der Waals surface area (Å²) < 4.78 is 0. The second-order valence-corrected chi connectivity index (χ2v) is 12.8. The van der Waals surface area contributed by atoms with Gasteiger partial charge in [0, 0.05) is 26.1 Å². The molecule has 0 saturated carbocycles. The highest BCUT2D eigenvalue weighted by atomic mass is 16.4. The summed E-state index contributed by atoms with van der Waals surface area (Å²) in [5, 5.41) is 17.5. The minimum absolute atomic E-state index is 0.0143. The van der Waals surface area contributed by atoms with E-state index >= 15 is 0 Å². The fourth-order valence-corrected chi connectivity index (χ4v) is 5.83. The van der Waals surface area contributed by atoms with E-state index in [0.717, 1.165) is 0 Å². The number of rotatable bonds is 18. The quantitative estimate of drug-likeness (QED) is 0.0416. The smallest absolute Gasteiger partial charge is 0.326 e. The number of likely N-dealkylation sites (tertiary alicyclic amines) is 2. The summed E-state index contributed by atoms with van der Waals surface area (Å²) in [7, 11) is 0. The van der Waals surface area contributed by atoms with Gasteiger partial charge in [0.15, 0.2) is 5.96 Å². The van der Waals surface area contributed by atoms with Gasteiger partial charge >= 0.3 is 5.97 Å². The number of hydrogen-bond donors (Lipinski definition) is 8. The van der Waals surface area contributed by atoms with E-state index in [9.17, 15) is 38.7 Å². The molecule has 2 heterocycles. The van der Waals surface area contributed by atoms with E-state index in [1.165, 1.54) is 16.7 Å². The molecule has 0 unspecified atom stereocenters. The van der Waals surface area contributed by atoms with Crippen molar-refractivity contribution in [1.82, 2.24) is 25.8 Å². The van der Waals surface area contributed by atoms with Crippen LogP contribution in [0, 0.1) is 5.92 Å². The van der Waals surface area contributed by atoms with Gasteiger partial charge in [0.2, 0.25) is 35.4 Å².